The Hall–Kier alpha value is -4.57. The quantitative estimate of drug-likeness (QED) is 0.241. The van der Waals surface area contributed by atoms with E-state index in [1.807, 2.05) is 24.3 Å². The van der Waals surface area contributed by atoms with Crippen LogP contribution in [-0.4, -0.2) is 21.3 Å². The van der Waals surface area contributed by atoms with Crippen molar-refractivity contribution in [1.82, 2.24) is 10.2 Å². The van der Waals surface area contributed by atoms with Crippen molar-refractivity contribution >= 4 is 34.1 Å². The molecule has 0 spiro atoms. The van der Waals surface area contributed by atoms with E-state index in [-0.39, 0.29) is 11.5 Å². The molecule has 36 heavy (non-hydrogen) atoms. The summed E-state index contributed by atoms with van der Waals surface area (Å²) in [6.07, 6.45) is 5.36. The topological polar surface area (TPSA) is 89.8 Å². The van der Waals surface area contributed by atoms with E-state index in [0.29, 0.717) is 27.6 Å². The summed E-state index contributed by atoms with van der Waals surface area (Å²) in [5.74, 6) is -1.97. The van der Waals surface area contributed by atoms with Gasteiger partial charge in [-0.15, -0.1) is 0 Å². The summed E-state index contributed by atoms with van der Waals surface area (Å²) in [7, 11) is 0. The first-order valence-electron chi connectivity index (χ1n) is 11.5. The highest BCUT2D eigenvalue weighted by Gasteiger charge is 2.29. The largest absolute Gasteiger partial charge is 0.478 e. The molecule has 0 radical (unpaired) electrons. The Kier molecular flexibility index (Phi) is 6.17. The third-order valence-corrected chi connectivity index (χ3v) is 6.59. The average Bonchev–Trinajstić information content (AvgIpc) is 3.22. The molecule has 178 valence electrons. The van der Waals surface area contributed by atoms with Crippen LogP contribution in [0.25, 0.3) is 28.1 Å². The lowest BCUT2D eigenvalue weighted by atomic mass is 9.73. The van der Waals surface area contributed by atoms with Crippen LogP contribution in [0.2, 0.25) is 0 Å². The van der Waals surface area contributed by atoms with Gasteiger partial charge < -0.3 is 5.11 Å². The monoisotopic (exact) mass is 481 g/mol. The first-order chi connectivity index (χ1) is 17.4. The number of H-pyrrole nitrogens is 1. The van der Waals surface area contributed by atoms with Crippen LogP contribution in [0.15, 0.2) is 66.7 Å². The molecule has 1 aromatic heterocycles. The van der Waals surface area contributed by atoms with E-state index in [0.717, 1.165) is 42.0 Å². The predicted octanol–water partition coefficient (Wildman–Crippen LogP) is 6.57. The molecule has 5 nitrogen and oxygen atoms in total. The highest BCUT2D eigenvalue weighted by molar-refractivity contribution is 6.01. The number of aromatic nitrogens is 2. The zero-order valence-electron chi connectivity index (χ0n) is 19.1. The number of carboxylic acid groups (broad SMARTS) is 1. The van der Waals surface area contributed by atoms with Gasteiger partial charge in [-0.1, -0.05) is 42.8 Å². The van der Waals surface area contributed by atoms with Crippen LogP contribution in [0.1, 0.15) is 47.1 Å². The molecule has 1 aliphatic rings. The predicted molar refractivity (Wildman–Crippen MR) is 134 cm³/mol. The Morgan fingerprint density at radius 1 is 1.06 bits per heavy atom. The van der Waals surface area contributed by atoms with Crippen LogP contribution in [-0.2, 0) is 4.79 Å². The summed E-state index contributed by atoms with van der Waals surface area (Å²) < 4.78 is 29.8. The second kappa shape index (κ2) is 9.59. The number of allylic oxidation sites excluding steroid dienone is 1. The number of carboxylic acids is 1. The first-order valence-corrected chi connectivity index (χ1v) is 11.5. The molecule has 3 aromatic carbocycles. The van der Waals surface area contributed by atoms with E-state index in [9.17, 15) is 14.4 Å². The summed E-state index contributed by atoms with van der Waals surface area (Å²) in [6.45, 7) is 0. The van der Waals surface area contributed by atoms with E-state index in [4.69, 9.17) is 5.11 Å². The van der Waals surface area contributed by atoms with Gasteiger partial charge in [0, 0.05) is 11.6 Å². The molecule has 0 unspecified atom stereocenters. The SMILES string of the molecule is N#Cc1ccc(C(=C(c2ccc(C=CC(=O)O)cc2)c2ccc3n[nH]c(F)c3c2)C2CCC2)c(F)c1. The number of carbonyl (C=O) groups is 1. The van der Waals surface area contributed by atoms with Gasteiger partial charge in [-0.05, 0) is 76.9 Å². The molecule has 4 aromatic rings. The van der Waals surface area contributed by atoms with Gasteiger partial charge in [0.1, 0.15) is 5.82 Å². The van der Waals surface area contributed by atoms with Crippen LogP contribution in [0.3, 0.4) is 0 Å². The minimum atomic E-state index is -1.04. The van der Waals surface area contributed by atoms with Crippen molar-refractivity contribution in [2.24, 2.45) is 5.92 Å². The van der Waals surface area contributed by atoms with Crippen molar-refractivity contribution in [2.75, 3.05) is 0 Å². The van der Waals surface area contributed by atoms with Gasteiger partial charge in [-0.2, -0.15) is 14.8 Å². The Bertz CT molecular complexity index is 1570. The molecule has 1 aliphatic carbocycles. The number of nitrogens with zero attached hydrogens (tertiary/aromatic N) is 2. The fourth-order valence-corrected chi connectivity index (χ4v) is 4.60. The molecule has 0 bridgehead atoms. The molecule has 0 atom stereocenters. The van der Waals surface area contributed by atoms with Gasteiger partial charge in [-0.25, -0.2) is 9.18 Å². The fourth-order valence-electron chi connectivity index (χ4n) is 4.60. The summed E-state index contributed by atoms with van der Waals surface area (Å²) in [5.41, 5.74) is 4.91. The van der Waals surface area contributed by atoms with Gasteiger partial charge in [-0.3, -0.25) is 5.10 Å². The third-order valence-electron chi connectivity index (χ3n) is 6.59. The van der Waals surface area contributed by atoms with Crippen molar-refractivity contribution in [1.29, 1.82) is 5.26 Å². The number of nitriles is 1. The number of fused-ring (bicyclic) bond motifs is 1. The number of nitrogens with one attached hydrogen (secondary N) is 1. The van der Waals surface area contributed by atoms with E-state index in [1.54, 1.807) is 36.4 Å². The normalized spacial score (nSPS) is 14.5. The van der Waals surface area contributed by atoms with Crippen molar-refractivity contribution in [3.63, 3.8) is 0 Å². The summed E-state index contributed by atoms with van der Waals surface area (Å²) in [5, 5.41) is 24.8. The first kappa shape index (κ1) is 23.2. The molecule has 0 amide bonds. The van der Waals surface area contributed by atoms with Crippen LogP contribution < -0.4 is 0 Å². The zero-order valence-corrected chi connectivity index (χ0v) is 19.1. The van der Waals surface area contributed by atoms with Gasteiger partial charge >= 0.3 is 5.97 Å². The number of rotatable bonds is 6. The molecule has 1 heterocycles. The number of benzene rings is 3. The Balaban J connectivity index is 1.77. The molecule has 5 rings (SSSR count). The lowest BCUT2D eigenvalue weighted by Crippen LogP contribution is -2.16. The van der Waals surface area contributed by atoms with Crippen LogP contribution in [0, 0.1) is 29.0 Å². The number of halogens is 2. The number of aromatic amines is 1. The summed E-state index contributed by atoms with van der Waals surface area (Å²) in [4.78, 5) is 10.9. The van der Waals surface area contributed by atoms with E-state index >= 15 is 4.39 Å². The maximum absolute atomic E-state index is 15.4. The minimum Gasteiger partial charge on any atom is -0.478 e. The van der Waals surface area contributed by atoms with Crippen molar-refractivity contribution in [2.45, 2.75) is 19.3 Å². The third kappa shape index (κ3) is 4.41. The van der Waals surface area contributed by atoms with Gasteiger partial charge in [0.25, 0.3) is 0 Å². The second-order valence-corrected chi connectivity index (χ2v) is 8.79. The Labute approximate surface area is 206 Å². The highest BCUT2D eigenvalue weighted by Crippen LogP contribution is 2.46. The van der Waals surface area contributed by atoms with Crippen molar-refractivity contribution in [3.05, 3.63) is 106 Å². The Morgan fingerprint density at radius 3 is 2.44 bits per heavy atom. The van der Waals surface area contributed by atoms with Gasteiger partial charge in [0.05, 0.1) is 22.5 Å². The van der Waals surface area contributed by atoms with Crippen molar-refractivity contribution in [3.8, 4) is 6.07 Å². The summed E-state index contributed by atoms with van der Waals surface area (Å²) in [6, 6.07) is 19.0. The number of hydrogen-bond donors (Lipinski definition) is 2. The second-order valence-electron chi connectivity index (χ2n) is 8.79. The number of aliphatic carboxylic acids is 1. The lowest BCUT2D eigenvalue weighted by Gasteiger charge is -2.32. The van der Waals surface area contributed by atoms with Gasteiger partial charge in [0.15, 0.2) is 0 Å². The summed E-state index contributed by atoms with van der Waals surface area (Å²) >= 11 is 0. The van der Waals surface area contributed by atoms with Crippen LogP contribution in [0.5, 0.6) is 0 Å². The molecular formula is C29H21F2N3O2. The van der Waals surface area contributed by atoms with E-state index in [2.05, 4.69) is 10.2 Å². The molecular weight excluding hydrogens is 460 g/mol. The Morgan fingerprint density at radius 2 is 1.81 bits per heavy atom. The van der Waals surface area contributed by atoms with E-state index < -0.39 is 17.7 Å². The van der Waals surface area contributed by atoms with Gasteiger partial charge in [0.2, 0.25) is 5.95 Å². The minimum absolute atomic E-state index is 0.0962. The smallest absolute Gasteiger partial charge is 0.328 e. The molecule has 1 saturated carbocycles. The average molecular weight is 482 g/mol. The standard InChI is InChI=1S/C29H21F2N3O2/c30-24-14-18(16-32)6-11-22(24)28(19-2-1-3-19)27(20-8-4-17(5-9-20)7-13-26(35)36)21-10-12-25-23(15-21)29(31)34-33-25/h4-15,19H,1-3H2,(H,33,34)(H,35,36). The van der Waals surface area contributed by atoms with Crippen LogP contribution in [0.4, 0.5) is 8.78 Å². The zero-order chi connectivity index (χ0) is 25.2. The number of hydrogen-bond acceptors (Lipinski definition) is 3. The van der Waals surface area contributed by atoms with Crippen LogP contribution >= 0.6 is 0 Å². The fraction of sp³-hybridized carbons (Fsp3) is 0.138. The molecule has 0 saturated heterocycles. The van der Waals surface area contributed by atoms with E-state index in [1.165, 1.54) is 12.1 Å². The molecule has 2 N–H and O–H groups in total. The highest BCUT2D eigenvalue weighted by atomic mass is 19.1. The maximum Gasteiger partial charge on any atom is 0.328 e. The lowest BCUT2D eigenvalue weighted by molar-refractivity contribution is -0.131. The molecule has 1 fully saturated rings. The molecule has 7 heteroatoms. The van der Waals surface area contributed by atoms with Crippen molar-refractivity contribution < 1.29 is 18.7 Å². The molecule has 0 aliphatic heterocycles. The maximum atomic E-state index is 15.4.